The van der Waals surface area contributed by atoms with Crippen LogP contribution in [-0.4, -0.2) is 37.0 Å². The fourth-order valence-corrected chi connectivity index (χ4v) is 2.82. The third-order valence-corrected chi connectivity index (χ3v) is 4.23. The third kappa shape index (κ3) is 7.28. The number of piperidine rings is 1. The molecule has 1 aliphatic heterocycles. The monoisotopic (exact) mass is 282 g/mol. The molecule has 3 nitrogen and oxygen atoms in total. The number of nitrogens with one attached hydrogen (secondary N) is 1. The van der Waals surface area contributed by atoms with Crippen LogP contribution in [0.4, 0.5) is 0 Å². The molecule has 0 aliphatic carbocycles. The second-order valence-corrected chi connectivity index (χ2v) is 6.67. The van der Waals surface area contributed by atoms with Crippen molar-refractivity contribution in [1.82, 2.24) is 10.2 Å². The van der Waals surface area contributed by atoms with E-state index in [1.165, 1.54) is 38.6 Å². The topological polar surface area (TPSA) is 32.3 Å². The van der Waals surface area contributed by atoms with Crippen LogP contribution in [0.15, 0.2) is 0 Å². The summed E-state index contributed by atoms with van der Waals surface area (Å²) in [7, 11) is 0. The predicted octanol–water partition coefficient (Wildman–Crippen LogP) is 3.44. The van der Waals surface area contributed by atoms with Gasteiger partial charge in [0, 0.05) is 13.1 Å². The maximum Gasteiger partial charge on any atom is 0.224 e. The van der Waals surface area contributed by atoms with Gasteiger partial charge in [0.05, 0.1) is 5.92 Å². The van der Waals surface area contributed by atoms with Gasteiger partial charge in [-0.05, 0) is 44.7 Å². The Labute approximate surface area is 125 Å². The Bertz CT molecular complexity index is 266. The van der Waals surface area contributed by atoms with Crippen molar-refractivity contribution in [2.45, 2.75) is 65.7 Å². The summed E-state index contributed by atoms with van der Waals surface area (Å²) in [5.74, 6) is 1.26. The number of hydrogen-bond donors (Lipinski definition) is 1. The number of nitrogens with zero attached hydrogens (tertiary/aromatic N) is 1. The first kappa shape index (κ1) is 17.5. The Balaban J connectivity index is 2.19. The van der Waals surface area contributed by atoms with Crippen LogP contribution in [0.1, 0.15) is 65.7 Å². The fraction of sp³-hybridized carbons (Fsp3) is 0.941. The van der Waals surface area contributed by atoms with Crippen LogP contribution in [-0.2, 0) is 4.79 Å². The second-order valence-electron chi connectivity index (χ2n) is 6.67. The number of rotatable bonds is 9. The van der Waals surface area contributed by atoms with Crippen LogP contribution in [0.3, 0.4) is 0 Å². The third-order valence-electron chi connectivity index (χ3n) is 4.23. The van der Waals surface area contributed by atoms with Crippen LogP contribution in [0.2, 0.25) is 0 Å². The van der Waals surface area contributed by atoms with Crippen molar-refractivity contribution < 1.29 is 4.79 Å². The minimum absolute atomic E-state index is 0.224. The van der Waals surface area contributed by atoms with E-state index in [4.69, 9.17) is 0 Å². The molecular weight excluding hydrogens is 248 g/mol. The van der Waals surface area contributed by atoms with Crippen molar-refractivity contribution in [2.75, 3.05) is 26.2 Å². The molecular formula is C17H34N2O. The van der Waals surface area contributed by atoms with E-state index >= 15 is 0 Å². The van der Waals surface area contributed by atoms with Gasteiger partial charge >= 0.3 is 0 Å². The van der Waals surface area contributed by atoms with E-state index in [1.54, 1.807) is 0 Å². The Hall–Kier alpha value is -0.570. The Morgan fingerprint density at radius 1 is 1.30 bits per heavy atom. The summed E-state index contributed by atoms with van der Waals surface area (Å²) in [5, 5.41) is 3.13. The molecule has 0 aromatic carbocycles. The average molecular weight is 282 g/mol. The van der Waals surface area contributed by atoms with E-state index in [1.807, 2.05) is 0 Å². The van der Waals surface area contributed by atoms with Gasteiger partial charge < -0.3 is 10.2 Å². The SMILES string of the molecule is CCCCCCNC(=O)C1CCCN(CCC(C)C)C1. The van der Waals surface area contributed by atoms with Crippen molar-refractivity contribution in [3.05, 3.63) is 0 Å². The molecule has 1 fully saturated rings. The van der Waals surface area contributed by atoms with Crippen molar-refractivity contribution in [1.29, 1.82) is 0 Å². The lowest BCUT2D eigenvalue weighted by atomic mass is 9.96. The first-order valence-corrected chi connectivity index (χ1v) is 8.63. The lowest BCUT2D eigenvalue weighted by Crippen LogP contribution is -2.43. The van der Waals surface area contributed by atoms with Gasteiger partial charge in [0.2, 0.25) is 5.91 Å². The maximum atomic E-state index is 12.2. The zero-order chi connectivity index (χ0) is 14.8. The number of carbonyl (C=O) groups is 1. The summed E-state index contributed by atoms with van der Waals surface area (Å²) in [5.41, 5.74) is 0. The quantitative estimate of drug-likeness (QED) is 0.657. The van der Waals surface area contributed by atoms with E-state index in [9.17, 15) is 4.79 Å². The molecule has 0 spiro atoms. The van der Waals surface area contributed by atoms with Crippen LogP contribution < -0.4 is 5.32 Å². The molecule has 1 amide bonds. The summed E-state index contributed by atoms with van der Waals surface area (Å²) in [6.07, 6.45) is 8.38. The second kappa shape index (κ2) is 10.2. The van der Waals surface area contributed by atoms with Crippen molar-refractivity contribution in [3.63, 3.8) is 0 Å². The lowest BCUT2D eigenvalue weighted by molar-refractivity contribution is -0.126. The highest BCUT2D eigenvalue weighted by Gasteiger charge is 2.25. The predicted molar refractivity (Wildman–Crippen MR) is 85.8 cm³/mol. The van der Waals surface area contributed by atoms with Gasteiger partial charge in [-0.25, -0.2) is 0 Å². The molecule has 1 aliphatic rings. The summed E-state index contributed by atoms with van der Waals surface area (Å²) in [6.45, 7) is 10.9. The zero-order valence-electron chi connectivity index (χ0n) is 13.8. The highest BCUT2D eigenvalue weighted by molar-refractivity contribution is 5.78. The highest BCUT2D eigenvalue weighted by atomic mass is 16.1. The summed E-state index contributed by atoms with van der Waals surface area (Å²) in [6, 6.07) is 0. The minimum atomic E-state index is 0.224. The standard InChI is InChI=1S/C17H34N2O/c1-4-5-6-7-11-18-17(20)16-9-8-12-19(14-16)13-10-15(2)3/h15-16H,4-14H2,1-3H3,(H,18,20). The number of likely N-dealkylation sites (tertiary alicyclic amines) is 1. The summed E-state index contributed by atoms with van der Waals surface area (Å²) in [4.78, 5) is 14.7. The van der Waals surface area contributed by atoms with Gasteiger partial charge in [0.25, 0.3) is 0 Å². The molecule has 118 valence electrons. The average Bonchev–Trinajstić information content (AvgIpc) is 2.45. The molecule has 1 rings (SSSR count). The van der Waals surface area contributed by atoms with Crippen LogP contribution in [0.5, 0.6) is 0 Å². The van der Waals surface area contributed by atoms with Crippen LogP contribution in [0, 0.1) is 11.8 Å². The molecule has 20 heavy (non-hydrogen) atoms. The first-order chi connectivity index (χ1) is 9.63. The molecule has 1 atom stereocenters. The van der Waals surface area contributed by atoms with Gasteiger partial charge in [-0.3, -0.25) is 4.79 Å². The van der Waals surface area contributed by atoms with Gasteiger partial charge in [-0.2, -0.15) is 0 Å². The van der Waals surface area contributed by atoms with Gasteiger partial charge in [0.1, 0.15) is 0 Å². The zero-order valence-corrected chi connectivity index (χ0v) is 13.8. The first-order valence-electron chi connectivity index (χ1n) is 8.63. The van der Waals surface area contributed by atoms with E-state index in [-0.39, 0.29) is 11.8 Å². The Morgan fingerprint density at radius 2 is 2.10 bits per heavy atom. The summed E-state index contributed by atoms with van der Waals surface area (Å²) >= 11 is 0. The number of carbonyl (C=O) groups excluding carboxylic acids is 1. The largest absolute Gasteiger partial charge is 0.356 e. The molecule has 1 saturated heterocycles. The Morgan fingerprint density at radius 3 is 2.80 bits per heavy atom. The molecule has 0 aromatic heterocycles. The van der Waals surface area contributed by atoms with E-state index in [0.717, 1.165) is 38.4 Å². The molecule has 1 heterocycles. The van der Waals surface area contributed by atoms with Crippen LogP contribution >= 0.6 is 0 Å². The normalized spacial score (nSPS) is 20.3. The molecule has 1 unspecified atom stereocenters. The molecule has 0 aromatic rings. The molecule has 1 N–H and O–H groups in total. The van der Waals surface area contributed by atoms with Gasteiger partial charge in [0.15, 0.2) is 0 Å². The lowest BCUT2D eigenvalue weighted by Gasteiger charge is -2.32. The van der Waals surface area contributed by atoms with Crippen molar-refractivity contribution in [3.8, 4) is 0 Å². The van der Waals surface area contributed by atoms with Crippen molar-refractivity contribution >= 4 is 5.91 Å². The van der Waals surface area contributed by atoms with Gasteiger partial charge in [-0.15, -0.1) is 0 Å². The molecule has 3 heteroatoms. The minimum Gasteiger partial charge on any atom is -0.356 e. The molecule has 0 bridgehead atoms. The van der Waals surface area contributed by atoms with Gasteiger partial charge in [-0.1, -0.05) is 40.0 Å². The number of hydrogen-bond acceptors (Lipinski definition) is 2. The highest BCUT2D eigenvalue weighted by Crippen LogP contribution is 2.17. The fourth-order valence-electron chi connectivity index (χ4n) is 2.82. The van der Waals surface area contributed by atoms with Crippen molar-refractivity contribution in [2.24, 2.45) is 11.8 Å². The molecule has 0 radical (unpaired) electrons. The van der Waals surface area contributed by atoms with E-state index in [0.29, 0.717) is 0 Å². The number of amides is 1. The smallest absolute Gasteiger partial charge is 0.224 e. The van der Waals surface area contributed by atoms with E-state index < -0.39 is 0 Å². The maximum absolute atomic E-state index is 12.2. The molecule has 0 saturated carbocycles. The van der Waals surface area contributed by atoms with E-state index in [2.05, 4.69) is 31.0 Å². The summed E-state index contributed by atoms with van der Waals surface area (Å²) < 4.78 is 0. The number of unbranched alkanes of at least 4 members (excludes halogenated alkanes) is 3. The van der Waals surface area contributed by atoms with Crippen LogP contribution in [0.25, 0.3) is 0 Å². The Kier molecular flexibility index (Phi) is 8.92.